The molecule has 0 spiro atoms. The summed E-state index contributed by atoms with van der Waals surface area (Å²) in [5.41, 5.74) is 2.53. The second-order valence-electron chi connectivity index (χ2n) is 7.19. The third-order valence-electron chi connectivity index (χ3n) is 4.19. The van der Waals surface area contributed by atoms with E-state index in [0.717, 1.165) is 24.0 Å². The van der Waals surface area contributed by atoms with Crippen LogP contribution in [0.5, 0.6) is 5.75 Å². The maximum atomic E-state index is 12.6. The largest absolute Gasteiger partial charge is 0.493 e. The van der Waals surface area contributed by atoms with Crippen LogP contribution in [0, 0.1) is 0 Å². The molecule has 1 N–H and O–H groups in total. The maximum absolute atomic E-state index is 12.6. The summed E-state index contributed by atoms with van der Waals surface area (Å²) in [7, 11) is 0. The molecule has 0 bridgehead atoms. The summed E-state index contributed by atoms with van der Waals surface area (Å²) in [5, 5.41) is 9.57. The van der Waals surface area contributed by atoms with Crippen molar-refractivity contribution in [2.24, 2.45) is 0 Å². The molecule has 1 aliphatic rings. The number of rotatable bonds is 4. The van der Waals surface area contributed by atoms with Gasteiger partial charge in [-0.15, -0.1) is 0 Å². The Morgan fingerprint density at radius 1 is 1.29 bits per heavy atom. The number of fused-ring (bicyclic) bond motifs is 1. The minimum atomic E-state index is -0.507. The lowest BCUT2D eigenvalue weighted by Gasteiger charge is -2.37. The second-order valence-corrected chi connectivity index (χ2v) is 7.19. The van der Waals surface area contributed by atoms with Crippen LogP contribution in [0.25, 0.3) is 0 Å². The van der Waals surface area contributed by atoms with Crippen molar-refractivity contribution in [2.75, 3.05) is 6.61 Å². The number of carbonyl (C=O) groups excluding carboxylic acids is 1. The first kappa shape index (κ1) is 18.6. The number of nitrogens with zero attached hydrogens (tertiary/aromatic N) is 1. The molecular formula is C19H29NO4. The normalized spacial score (nSPS) is 17.4. The van der Waals surface area contributed by atoms with Crippen molar-refractivity contribution in [3.05, 3.63) is 28.8 Å². The molecule has 5 nitrogen and oxygen atoms in total. The van der Waals surface area contributed by atoms with Gasteiger partial charge in [0.15, 0.2) is 0 Å². The zero-order valence-corrected chi connectivity index (χ0v) is 15.4. The molecule has 0 fully saturated rings. The molecule has 134 valence electrons. The predicted octanol–water partition coefficient (Wildman–Crippen LogP) is 3.65. The lowest BCUT2D eigenvalue weighted by atomic mass is 9.91. The number of ether oxygens (including phenoxy) is 2. The van der Waals surface area contributed by atoms with Gasteiger partial charge in [-0.05, 0) is 63.8 Å². The highest BCUT2D eigenvalue weighted by Crippen LogP contribution is 2.32. The van der Waals surface area contributed by atoms with Crippen LogP contribution < -0.4 is 4.74 Å². The highest BCUT2D eigenvalue weighted by molar-refractivity contribution is 5.69. The molecule has 1 unspecified atom stereocenters. The minimum absolute atomic E-state index is 0.0464. The Morgan fingerprint density at radius 2 is 2.00 bits per heavy atom. The molecule has 1 aliphatic heterocycles. The van der Waals surface area contributed by atoms with Gasteiger partial charge in [-0.3, -0.25) is 0 Å². The topological polar surface area (TPSA) is 59.0 Å². The molecule has 24 heavy (non-hydrogen) atoms. The fourth-order valence-electron chi connectivity index (χ4n) is 3.04. The van der Waals surface area contributed by atoms with Gasteiger partial charge >= 0.3 is 6.09 Å². The van der Waals surface area contributed by atoms with E-state index in [2.05, 4.69) is 6.92 Å². The highest BCUT2D eigenvalue weighted by atomic mass is 16.6. The molecular weight excluding hydrogens is 306 g/mol. The van der Waals surface area contributed by atoms with Gasteiger partial charge in [0.2, 0.25) is 0 Å². The van der Waals surface area contributed by atoms with Crippen LogP contribution >= 0.6 is 0 Å². The SMILES string of the molecule is CCOc1cc2c(cc1CO)CC(CC)N(C(=O)OC(C)(C)C)C2. The number of amides is 1. The van der Waals surface area contributed by atoms with Crippen molar-refractivity contribution in [1.82, 2.24) is 4.90 Å². The van der Waals surface area contributed by atoms with E-state index in [9.17, 15) is 9.90 Å². The van der Waals surface area contributed by atoms with Crippen molar-refractivity contribution in [3.63, 3.8) is 0 Å². The summed E-state index contributed by atoms with van der Waals surface area (Å²) in [4.78, 5) is 14.4. The smallest absolute Gasteiger partial charge is 0.410 e. The first-order valence-electron chi connectivity index (χ1n) is 8.67. The number of benzene rings is 1. The molecule has 1 aromatic rings. The zero-order valence-electron chi connectivity index (χ0n) is 15.4. The van der Waals surface area contributed by atoms with Crippen molar-refractivity contribution in [2.45, 2.75) is 72.3 Å². The fraction of sp³-hybridized carbons (Fsp3) is 0.632. The Kier molecular flexibility index (Phi) is 5.75. The van der Waals surface area contributed by atoms with E-state index in [1.807, 2.05) is 44.7 Å². The molecule has 5 heteroatoms. The molecule has 1 heterocycles. The number of aliphatic hydroxyl groups excluding tert-OH is 1. The molecule has 0 saturated heterocycles. The Balaban J connectivity index is 2.31. The van der Waals surface area contributed by atoms with Gasteiger partial charge in [0.05, 0.1) is 13.2 Å². The van der Waals surface area contributed by atoms with Gasteiger partial charge in [0.1, 0.15) is 11.4 Å². The molecule has 0 saturated carbocycles. The van der Waals surface area contributed by atoms with E-state index >= 15 is 0 Å². The summed E-state index contributed by atoms with van der Waals surface area (Å²) < 4.78 is 11.2. The Bertz CT molecular complexity index is 592. The van der Waals surface area contributed by atoms with Gasteiger partial charge in [0, 0.05) is 18.2 Å². The molecule has 0 radical (unpaired) electrons. The van der Waals surface area contributed by atoms with Gasteiger partial charge in [-0.1, -0.05) is 6.92 Å². The second kappa shape index (κ2) is 7.43. The Hall–Kier alpha value is -1.75. The predicted molar refractivity (Wildman–Crippen MR) is 93.1 cm³/mol. The molecule has 0 aliphatic carbocycles. The average Bonchev–Trinajstić information content (AvgIpc) is 2.51. The molecule has 1 amide bonds. The standard InChI is InChI=1S/C19H29NO4/c1-6-16-9-13-8-15(12-21)17(23-7-2)10-14(13)11-20(16)18(22)24-19(3,4)5/h8,10,16,21H,6-7,9,11-12H2,1-5H3. The van der Waals surface area contributed by atoms with E-state index in [1.165, 1.54) is 5.56 Å². The number of carbonyl (C=O) groups is 1. The first-order chi connectivity index (χ1) is 11.3. The summed E-state index contributed by atoms with van der Waals surface area (Å²) in [6.45, 7) is 10.6. The Labute approximate surface area is 144 Å². The Morgan fingerprint density at radius 3 is 2.54 bits per heavy atom. The van der Waals surface area contributed by atoms with Crippen molar-refractivity contribution in [1.29, 1.82) is 0 Å². The average molecular weight is 335 g/mol. The highest BCUT2D eigenvalue weighted by Gasteiger charge is 2.32. The summed E-state index contributed by atoms with van der Waals surface area (Å²) in [5.74, 6) is 0.692. The number of aliphatic hydroxyl groups is 1. The molecule has 1 aromatic carbocycles. The molecule has 1 atom stereocenters. The minimum Gasteiger partial charge on any atom is -0.493 e. The monoisotopic (exact) mass is 335 g/mol. The third-order valence-corrected chi connectivity index (χ3v) is 4.19. The van der Waals surface area contributed by atoms with E-state index in [-0.39, 0.29) is 18.7 Å². The lowest BCUT2D eigenvalue weighted by Crippen LogP contribution is -2.46. The maximum Gasteiger partial charge on any atom is 0.410 e. The van der Waals surface area contributed by atoms with Crippen molar-refractivity contribution < 1.29 is 19.4 Å². The van der Waals surface area contributed by atoms with Crippen molar-refractivity contribution in [3.8, 4) is 5.75 Å². The van der Waals surface area contributed by atoms with Gasteiger partial charge < -0.3 is 19.5 Å². The lowest BCUT2D eigenvalue weighted by molar-refractivity contribution is 0.0114. The van der Waals surface area contributed by atoms with Crippen molar-refractivity contribution >= 4 is 6.09 Å². The van der Waals surface area contributed by atoms with E-state index in [4.69, 9.17) is 9.47 Å². The van der Waals surface area contributed by atoms with Crippen LogP contribution in [0.2, 0.25) is 0 Å². The molecule has 0 aromatic heterocycles. The van der Waals surface area contributed by atoms with Crippen LogP contribution in [0.15, 0.2) is 12.1 Å². The summed E-state index contributed by atoms with van der Waals surface area (Å²) >= 11 is 0. The van der Waals surface area contributed by atoms with E-state index in [1.54, 1.807) is 0 Å². The van der Waals surface area contributed by atoms with Gasteiger partial charge in [-0.2, -0.15) is 0 Å². The number of hydrogen-bond acceptors (Lipinski definition) is 4. The van der Waals surface area contributed by atoms with E-state index < -0.39 is 5.60 Å². The van der Waals surface area contributed by atoms with Crippen LogP contribution in [0.1, 0.15) is 57.7 Å². The van der Waals surface area contributed by atoms with Gasteiger partial charge in [-0.25, -0.2) is 4.79 Å². The fourth-order valence-corrected chi connectivity index (χ4v) is 3.04. The summed E-state index contributed by atoms with van der Waals surface area (Å²) in [6.07, 6.45) is 1.36. The quantitative estimate of drug-likeness (QED) is 0.912. The first-order valence-corrected chi connectivity index (χ1v) is 8.67. The van der Waals surface area contributed by atoms with Crippen LogP contribution in [0.3, 0.4) is 0 Å². The van der Waals surface area contributed by atoms with E-state index in [0.29, 0.717) is 18.9 Å². The van der Waals surface area contributed by atoms with Crippen LogP contribution in [0.4, 0.5) is 4.79 Å². The molecule has 2 rings (SSSR count). The summed E-state index contributed by atoms with van der Waals surface area (Å²) in [6, 6.07) is 4.07. The van der Waals surface area contributed by atoms with Gasteiger partial charge in [0.25, 0.3) is 0 Å². The van der Waals surface area contributed by atoms with Crippen LogP contribution in [-0.2, 0) is 24.3 Å². The third kappa shape index (κ3) is 4.20. The number of hydrogen-bond donors (Lipinski definition) is 1. The zero-order chi connectivity index (χ0) is 17.9. The van der Waals surface area contributed by atoms with Crippen LogP contribution in [-0.4, -0.2) is 34.3 Å².